The van der Waals surface area contributed by atoms with Gasteiger partial charge in [-0.2, -0.15) is 5.10 Å². The van der Waals surface area contributed by atoms with Crippen molar-refractivity contribution in [3.63, 3.8) is 0 Å². The Kier molecular flexibility index (Phi) is 4.84. The van der Waals surface area contributed by atoms with Gasteiger partial charge in [0.1, 0.15) is 11.8 Å². The van der Waals surface area contributed by atoms with Crippen molar-refractivity contribution < 1.29 is 4.74 Å². The Morgan fingerprint density at radius 2 is 2.03 bits per heavy atom. The first kappa shape index (κ1) is 19.0. The smallest absolute Gasteiger partial charge is 0.140 e. The Labute approximate surface area is 175 Å². The molecule has 4 aromatic rings. The summed E-state index contributed by atoms with van der Waals surface area (Å²) in [6.45, 7) is 7.45. The molecule has 1 atom stereocenters. The predicted molar refractivity (Wildman–Crippen MR) is 115 cm³/mol. The maximum absolute atomic E-state index is 6.10. The van der Waals surface area contributed by atoms with E-state index < -0.39 is 0 Å². The molecule has 1 aliphatic heterocycles. The first-order valence-electron chi connectivity index (χ1n) is 10.3. The van der Waals surface area contributed by atoms with Gasteiger partial charge in [-0.1, -0.05) is 12.1 Å². The van der Waals surface area contributed by atoms with Crippen molar-refractivity contribution in [1.82, 2.24) is 29.0 Å². The first-order valence-corrected chi connectivity index (χ1v) is 10.3. The van der Waals surface area contributed by atoms with Gasteiger partial charge in [-0.15, -0.1) is 0 Å². The van der Waals surface area contributed by atoms with E-state index >= 15 is 0 Å². The number of nitrogens with zero attached hydrogens (tertiary/aromatic N) is 6. The third-order valence-electron chi connectivity index (χ3n) is 5.77. The minimum atomic E-state index is -0.0448. The van der Waals surface area contributed by atoms with Gasteiger partial charge in [0.25, 0.3) is 0 Å². The lowest BCUT2D eigenvalue weighted by molar-refractivity contribution is -0.0354. The van der Waals surface area contributed by atoms with E-state index in [1.54, 1.807) is 4.68 Å². The fourth-order valence-corrected chi connectivity index (χ4v) is 4.14. The number of morpholine rings is 1. The molecule has 0 spiro atoms. The summed E-state index contributed by atoms with van der Waals surface area (Å²) in [5.74, 6) is 0. The van der Waals surface area contributed by atoms with Gasteiger partial charge in [-0.25, -0.2) is 9.97 Å². The molecule has 0 aliphatic carbocycles. The Hall–Kier alpha value is -3.03. The van der Waals surface area contributed by atoms with Crippen molar-refractivity contribution in [1.29, 1.82) is 0 Å². The molecule has 5 heterocycles. The Bertz CT molecular complexity index is 1190. The fourth-order valence-electron chi connectivity index (χ4n) is 4.14. The summed E-state index contributed by atoms with van der Waals surface area (Å²) in [5, 5.41) is 4.26. The van der Waals surface area contributed by atoms with Gasteiger partial charge in [0.05, 0.1) is 35.6 Å². The van der Waals surface area contributed by atoms with Crippen LogP contribution in [0.1, 0.15) is 28.7 Å². The summed E-state index contributed by atoms with van der Waals surface area (Å²) in [5.41, 5.74) is 7.48. The summed E-state index contributed by atoms with van der Waals surface area (Å²) in [6.07, 6.45) is 5.89. The quantitative estimate of drug-likeness (QED) is 0.524. The van der Waals surface area contributed by atoms with E-state index in [-0.39, 0.29) is 6.10 Å². The Morgan fingerprint density at radius 3 is 2.87 bits per heavy atom. The molecule has 1 aliphatic rings. The van der Waals surface area contributed by atoms with Crippen molar-refractivity contribution in [2.45, 2.75) is 26.5 Å². The minimum Gasteiger partial charge on any atom is -0.369 e. The molecular weight excluding hydrogens is 376 g/mol. The van der Waals surface area contributed by atoms with Gasteiger partial charge >= 0.3 is 0 Å². The zero-order valence-corrected chi connectivity index (χ0v) is 17.6. The molecule has 0 saturated carbocycles. The van der Waals surface area contributed by atoms with Crippen LogP contribution in [0.3, 0.4) is 0 Å². The number of aromatic nitrogens is 5. The Balaban J connectivity index is 1.37. The van der Waals surface area contributed by atoms with Crippen LogP contribution < -0.4 is 0 Å². The standard InChI is InChI=1S/C23H26N6O/c1-16-6-5-9-29-21(17(2)25-23(16)29)14-28-10-11-30-22(15-28)20-8-4-7-19(26-20)18-12-24-27(3)13-18/h4-9,12-13,22H,10-11,14-15H2,1-3H3/t22-/m0/s1. The van der Waals surface area contributed by atoms with Crippen LogP contribution in [0.2, 0.25) is 0 Å². The molecule has 4 aromatic heterocycles. The van der Waals surface area contributed by atoms with Crippen LogP contribution in [-0.2, 0) is 18.3 Å². The van der Waals surface area contributed by atoms with E-state index in [4.69, 9.17) is 14.7 Å². The normalized spacial score (nSPS) is 17.6. The zero-order chi connectivity index (χ0) is 20.7. The van der Waals surface area contributed by atoms with E-state index in [1.165, 1.54) is 11.3 Å². The van der Waals surface area contributed by atoms with Crippen LogP contribution in [0, 0.1) is 13.8 Å². The third kappa shape index (κ3) is 3.51. The lowest BCUT2D eigenvalue weighted by Gasteiger charge is -2.32. The molecule has 5 rings (SSSR count). The number of aryl methyl sites for hydroxylation is 3. The summed E-state index contributed by atoms with van der Waals surface area (Å²) in [4.78, 5) is 12.1. The average Bonchev–Trinajstić information content (AvgIpc) is 3.33. The molecule has 7 nitrogen and oxygen atoms in total. The molecule has 0 N–H and O–H groups in total. The molecule has 7 heteroatoms. The second-order valence-electron chi connectivity index (χ2n) is 7.97. The lowest BCUT2D eigenvalue weighted by atomic mass is 10.1. The minimum absolute atomic E-state index is 0.0448. The van der Waals surface area contributed by atoms with Gasteiger partial charge in [-0.05, 0) is 37.6 Å². The van der Waals surface area contributed by atoms with Gasteiger partial charge < -0.3 is 9.14 Å². The number of pyridine rings is 2. The average molecular weight is 403 g/mol. The molecule has 0 aromatic carbocycles. The molecular formula is C23H26N6O. The van der Waals surface area contributed by atoms with E-state index in [0.717, 1.165) is 47.9 Å². The van der Waals surface area contributed by atoms with Crippen LogP contribution >= 0.6 is 0 Å². The van der Waals surface area contributed by atoms with Crippen LogP contribution in [-0.4, -0.2) is 48.7 Å². The van der Waals surface area contributed by atoms with E-state index in [1.807, 2.05) is 31.6 Å². The highest BCUT2D eigenvalue weighted by atomic mass is 16.5. The molecule has 30 heavy (non-hydrogen) atoms. The molecule has 0 radical (unpaired) electrons. The lowest BCUT2D eigenvalue weighted by Crippen LogP contribution is -2.38. The highest BCUT2D eigenvalue weighted by Crippen LogP contribution is 2.26. The van der Waals surface area contributed by atoms with Crippen molar-refractivity contribution >= 4 is 5.65 Å². The second-order valence-corrected chi connectivity index (χ2v) is 7.97. The summed E-state index contributed by atoms with van der Waals surface area (Å²) in [6, 6.07) is 10.3. The topological polar surface area (TPSA) is 60.5 Å². The highest BCUT2D eigenvalue weighted by molar-refractivity contribution is 5.57. The van der Waals surface area contributed by atoms with Crippen LogP contribution in [0.4, 0.5) is 0 Å². The third-order valence-corrected chi connectivity index (χ3v) is 5.77. The monoisotopic (exact) mass is 402 g/mol. The van der Waals surface area contributed by atoms with Crippen LogP contribution in [0.15, 0.2) is 48.9 Å². The van der Waals surface area contributed by atoms with Gasteiger partial charge in [0.15, 0.2) is 0 Å². The van der Waals surface area contributed by atoms with E-state index in [9.17, 15) is 0 Å². The number of hydrogen-bond acceptors (Lipinski definition) is 5. The molecule has 0 bridgehead atoms. The maximum atomic E-state index is 6.10. The fraction of sp³-hybridized carbons (Fsp3) is 0.348. The largest absolute Gasteiger partial charge is 0.369 e. The zero-order valence-electron chi connectivity index (χ0n) is 17.6. The number of hydrogen-bond donors (Lipinski definition) is 0. The van der Waals surface area contributed by atoms with E-state index in [0.29, 0.717) is 6.61 Å². The molecule has 1 saturated heterocycles. The number of imidazole rings is 1. The van der Waals surface area contributed by atoms with Crippen molar-refractivity contribution in [2.24, 2.45) is 7.05 Å². The van der Waals surface area contributed by atoms with Gasteiger partial charge in [-0.3, -0.25) is 9.58 Å². The predicted octanol–water partition coefficient (Wildman–Crippen LogP) is 3.32. The summed E-state index contributed by atoms with van der Waals surface area (Å²) >= 11 is 0. The van der Waals surface area contributed by atoms with Crippen LogP contribution in [0.5, 0.6) is 0 Å². The summed E-state index contributed by atoms with van der Waals surface area (Å²) < 4.78 is 10.1. The SMILES string of the molecule is Cc1nc2c(C)cccn2c1CN1CCO[C@H](c2cccc(-c3cnn(C)c3)n2)C1. The van der Waals surface area contributed by atoms with Crippen molar-refractivity contribution in [2.75, 3.05) is 19.7 Å². The Morgan fingerprint density at radius 1 is 1.13 bits per heavy atom. The van der Waals surface area contributed by atoms with Crippen LogP contribution in [0.25, 0.3) is 16.9 Å². The van der Waals surface area contributed by atoms with Gasteiger partial charge in [0.2, 0.25) is 0 Å². The molecule has 1 fully saturated rings. The number of fused-ring (bicyclic) bond motifs is 1. The first-order chi connectivity index (χ1) is 14.6. The molecule has 0 unspecified atom stereocenters. The second kappa shape index (κ2) is 7.66. The maximum Gasteiger partial charge on any atom is 0.140 e. The van der Waals surface area contributed by atoms with Gasteiger partial charge in [0, 0.05) is 44.6 Å². The number of ether oxygens (including phenoxy) is 1. The number of rotatable bonds is 4. The highest BCUT2D eigenvalue weighted by Gasteiger charge is 2.25. The van der Waals surface area contributed by atoms with E-state index in [2.05, 4.69) is 52.6 Å². The van der Waals surface area contributed by atoms with Crippen molar-refractivity contribution in [3.8, 4) is 11.3 Å². The summed E-state index contributed by atoms with van der Waals surface area (Å²) in [7, 11) is 1.92. The molecule has 154 valence electrons. The molecule has 0 amide bonds. The van der Waals surface area contributed by atoms with Crippen molar-refractivity contribution in [3.05, 3.63) is 71.6 Å².